The van der Waals surface area contributed by atoms with Crippen molar-refractivity contribution in [2.45, 2.75) is 0 Å². The summed E-state index contributed by atoms with van der Waals surface area (Å²) >= 11 is 0. The fourth-order valence-corrected chi connectivity index (χ4v) is 2.18. The molecule has 3 aromatic rings. The molecule has 0 amide bonds. The lowest BCUT2D eigenvalue weighted by Crippen LogP contribution is -2.29. The number of hydrogen-bond acceptors (Lipinski definition) is 3. The highest BCUT2D eigenvalue weighted by atomic mass is 16.6. The molecule has 2 aromatic carbocycles. The Morgan fingerprint density at radius 3 is 2.71 bits per heavy atom. The van der Waals surface area contributed by atoms with Crippen molar-refractivity contribution in [3.05, 3.63) is 70.1 Å². The minimum absolute atomic E-state index is 0.0751. The average molecular weight is 281 g/mol. The number of hydrogen-bond donors (Lipinski definition) is 0. The quantitative estimate of drug-likeness (QED) is 0.420. The van der Waals surface area contributed by atoms with Gasteiger partial charge in [0, 0.05) is 18.2 Å². The van der Waals surface area contributed by atoms with Crippen molar-refractivity contribution in [2.24, 2.45) is 7.05 Å². The van der Waals surface area contributed by atoms with E-state index in [0.717, 1.165) is 16.7 Å². The van der Waals surface area contributed by atoms with Crippen LogP contribution in [0.4, 0.5) is 5.69 Å². The van der Waals surface area contributed by atoms with Crippen molar-refractivity contribution in [1.29, 1.82) is 0 Å². The summed E-state index contributed by atoms with van der Waals surface area (Å²) in [6, 6.07) is 14.2. The third-order valence-electron chi connectivity index (χ3n) is 3.27. The van der Waals surface area contributed by atoms with Crippen LogP contribution in [-0.4, -0.2) is 4.92 Å². The number of rotatable bonds is 3. The topological polar surface area (TPSA) is 60.2 Å². The SMILES string of the molecule is C[n+]1c(C=Cc2cccc([N+](=O)[O-])c2)oc2ccccc21. The second-order valence-electron chi connectivity index (χ2n) is 4.65. The normalized spacial score (nSPS) is 11.3. The Morgan fingerprint density at radius 2 is 1.95 bits per heavy atom. The Kier molecular flexibility index (Phi) is 3.23. The number of benzene rings is 2. The molecular weight excluding hydrogens is 268 g/mol. The van der Waals surface area contributed by atoms with E-state index in [1.807, 2.05) is 41.9 Å². The molecule has 1 aromatic heterocycles. The molecule has 0 spiro atoms. The van der Waals surface area contributed by atoms with E-state index in [-0.39, 0.29) is 5.69 Å². The molecule has 0 N–H and O–H groups in total. The molecule has 0 unspecified atom stereocenters. The number of nitro benzene ring substituents is 1. The molecule has 0 saturated carbocycles. The smallest absolute Gasteiger partial charge is 0.373 e. The van der Waals surface area contributed by atoms with Crippen LogP contribution in [0, 0.1) is 10.1 Å². The first kappa shape index (κ1) is 13.1. The van der Waals surface area contributed by atoms with Crippen molar-refractivity contribution < 1.29 is 13.9 Å². The molecule has 0 bridgehead atoms. The van der Waals surface area contributed by atoms with Crippen molar-refractivity contribution >= 4 is 28.9 Å². The van der Waals surface area contributed by atoms with Gasteiger partial charge in [-0.05, 0) is 17.7 Å². The van der Waals surface area contributed by atoms with Crippen LogP contribution >= 0.6 is 0 Å². The van der Waals surface area contributed by atoms with E-state index in [2.05, 4.69) is 0 Å². The fraction of sp³-hybridized carbons (Fsp3) is 0.0625. The summed E-state index contributed by atoms with van der Waals surface area (Å²) in [4.78, 5) is 10.4. The van der Waals surface area contributed by atoms with Crippen molar-refractivity contribution in [3.8, 4) is 0 Å². The minimum Gasteiger partial charge on any atom is -0.398 e. The van der Waals surface area contributed by atoms with Crippen LogP contribution in [0.2, 0.25) is 0 Å². The highest BCUT2D eigenvalue weighted by Gasteiger charge is 2.15. The highest BCUT2D eigenvalue weighted by Crippen LogP contribution is 2.17. The van der Waals surface area contributed by atoms with Gasteiger partial charge in [0.25, 0.3) is 11.2 Å². The van der Waals surface area contributed by atoms with Crippen molar-refractivity contribution in [3.63, 3.8) is 0 Å². The van der Waals surface area contributed by atoms with Gasteiger partial charge in [-0.2, -0.15) is 4.57 Å². The van der Waals surface area contributed by atoms with Gasteiger partial charge in [-0.15, -0.1) is 0 Å². The lowest BCUT2D eigenvalue weighted by Gasteiger charge is -1.93. The van der Waals surface area contributed by atoms with Gasteiger partial charge in [-0.3, -0.25) is 10.1 Å². The van der Waals surface area contributed by atoms with Gasteiger partial charge in [0.05, 0.1) is 11.0 Å². The lowest BCUT2D eigenvalue weighted by atomic mass is 10.2. The molecular formula is C16H13N2O3+. The first-order chi connectivity index (χ1) is 10.1. The van der Waals surface area contributed by atoms with Crippen LogP contribution in [0.1, 0.15) is 11.5 Å². The number of oxazole rings is 1. The maximum Gasteiger partial charge on any atom is 0.373 e. The third-order valence-corrected chi connectivity index (χ3v) is 3.27. The number of nitrogens with zero attached hydrogens (tertiary/aromatic N) is 2. The van der Waals surface area contributed by atoms with Crippen LogP contribution in [-0.2, 0) is 7.05 Å². The van der Waals surface area contributed by atoms with Crippen LogP contribution < -0.4 is 4.57 Å². The lowest BCUT2D eigenvalue weighted by molar-refractivity contribution is -0.651. The fourth-order valence-electron chi connectivity index (χ4n) is 2.18. The van der Waals surface area contributed by atoms with Crippen LogP contribution in [0.5, 0.6) is 0 Å². The molecule has 0 radical (unpaired) electrons. The molecule has 0 aliphatic rings. The average Bonchev–Trinajstić information content (AvgIpc) is 2.82. The number of aryl methyl sites for hydroxylation is 1. The number of nitro groups is 1. The van der Waals surface area contributed by atoms with E-state index < -0.39 is 4.92 Å². The second kappa shape index (κ2) is 5.20. The van der Waals surface area contributed by atoms with E-state index >= 15 is 0 Å². The summed E-state index contributed by atoms with van der Waals surface area (Å²) in [5.41, 5.74) is 2.63. The summed E-state index contributed by atoms with van der Waals surface area (Å²) < 4.78 is 7.67. The van der Waals surface area contributed by atoms with Gasteiger partial charge in [-0.25, -0.2) is 0 Å². The number of fused-ring (bicyclic) bond motifs is 1. The zero-order valence-electron chi connectivity index (χ0n) is 11.4. The monoisotopic (exact) mass is 281 g/mol. The Hall–Kier alpha value is -2.95. The van der Waals surface area contributed by atoms with Gasteiger partial charge in [0.1, 0.15) is 7.05 Å². The Morgan fingerprint density at radius 1 is 1.14 bits per heavy atom. The van der Waals surface area contributed by atoms with E-state index in [9.17, 15) is 10.1 Å². The molecule has 21 heavy (non-hydrogen) atoms. The van der Waals surface area contributed by atoms with Crippen LogP contribution in [0.25, 0.3) is 23.3 Å². The zero-order valence-corrected chi connectivity index (χ0v) is 11.4. The molecule has 0 atom stereocenters. The summed E-state index contributed by atoms with van der Waals surface area (Å²) in [6.07, 6.45) is 3.60. The third kappa shape index (κ3) is 2.53. The maximum absolute atomic E-state index is 10.8. The molecule has 5 heteroatoms. The van der Waals surface area contributed by atoms with E-state index in [1.54, 1.807) is 18.2 Å². The number of non-ortho nitro benzene ring substituents is 1. The molecule has 0 aliphatic heterocycles. The van der Waals surface area contributed by atoms with E-state index in [4.69, 9.17) is 4.42 Å². The molecule has 0 aliphatic carbocycles. The highest BCUT2D eigenvalue weighted by molar-refractivity contribution is 5.72. The minimum atomic E-state index is -0.404. The first-order valence-corrected chi connectivity index (χ1v) is 6.45. The van der Waals surface area contributed by atoms with Crippen molar-refractivity contribution in [2.75, 3.05) is 0 Å². The number of para-hydroxylation sites is 2. The van der Waals surface area contributed by atoms with Crippen LogP contribution in [0.15, 0.2) is 52.9 Å². The summed E-state index contributed by atoms with van der Waals surface area (Å²) in [7, 11) is 1.92. The largest absolute Gasteiger partial charge is 0.398 e. The second-order valence-corrected chi connectivity index (χ2v) is 4.65. The number of aromatic nitrogens is 1. The Bertz CT molecular complexity index is 850. The predicted octanol–water partition coefficient (Wildman–Crippen LogP) is 3.34. The zero-order chi connectivity index (χ0) is 14.8. The summed E-state index contributed by atoms with van der Waals surface area (Å²) in [6.45, 7) is 0. The van der Waals surface area contributed by atoms with Crippen LogP contribution in [0.3, 0.4) is 0 Å². The standard InChI is InChI=1S/C16H13N2O3/c1-17-14-7-2-3-8-15(14)21-16(17)10-9-12-5-4-6-13(11-12)18(19)20/h2-11H,1H3/q+1. The van der Waals surface area contributed by atoms with Gasteiger partial charge >= 0.3 is 5.89 Å². The molecule has 3 rings (SSSR count). The molecule has 0 saturated heterocycles. The predicted molar refractivity (Wildman–Crippen MR) is 79.4 cm³/mol. The van der Waals surface area contributed by atoms with Gasteiger partial charge < -0.3 is 4.42 Å². The maximum atomic E-state index is 10.8. The van der Waals surface area contributed by atoms with Gasteiger partial charge in [0.15, 0.2) is 0 Å². The van der Waals surface area contributed by atoms with Gasteiger partial charge in [-0.1, -0.05) is 24.3 Å². The molecule has 0 fully saturated rings. The van der Waals surface area contributed by atoms with E-state index in [0.29, 0.717) is 5.89 Å². The summed E-state index contributed by atoms with van der Waals surface area (Å²) in [5.74, 6) is 0.683. The molecule has 1 heterocycles. The van der Waals surface area contributed by atoms with Crippen molar-refractivity contribution in [1.82, 2.24) is 0 Å². The summed E-state index contributed by atoms with van der Waals surface area (Å²) in [5, 5.41) is 10.8. The first-order valence-electron chi connectivity index (χ1n) is 6.45. The van der Waals surface area contributed by atoms with Gasteiger partial charge in [0.2, 0.25) is 5.58 Å². The molecule has 104 valence electrons. The van der Waals surface area contributed by atoms with E-state index in [1.165, 1.54) is 12.1 Å². The Labute approximate surface area is 120 Å². The Balaban J connectivity index is 1.96. The molecule has 5 nitrogen and oxygen atoms in total.